The average molecular weight is 368 g/mol. The molecule has 1 aromatic heterocycles. The topological polar surface area (TPSA) is 36.4 Å². The van der Waals surface area contributed by atoms with Crippen LogP contribution in [0.15, 0.2) is 42.5 Å². The van der Waals surface area contributed by atoms with Crippen LogP contribution in [0.3, 0.4) is 0 Å². The van der Waals surface area contributed by atoms with Crippen molar-refractivity contribution in [2.75, 3.05) is 32.1 Å². The molecule has 0 N–H and O–H groups in total. The lowest BCUT2D eigenvalue weighted by Gasteiger charge is -2.22. The molecule has 3 aromatic rings. The molecular formula is C21H25N3OS. The van der Waals surface area contributed by atoms with Crippen LogP contribution in [0.4, 0.5) is 5.13 Å². The fourth-order valence-corrected chi connectivity index (χ4v) is 3.91. The molecule has 0 radical (unpaired) electrons. The third-order valence-electron chi connectivity index (χ3n) is 4.43. The first kappa shape index (κ1) is 18.5. The summed E-state index contributed by atoms with van der Waals surface area (Å²) in [6, 6.07) is 14.3. The minimum atomic E-state index is 0.0952. The molecule has 136 valence electrons. The van der Waals surface area contributed by atoms with Crippen molar-refractivity contribution < 1.29 is 4.79 Å². The second-order valence-corrected chi connectivity index (χ2v) is 7.93. The first-order valence-corrected chi connectivity index (χ1v) is 9.62. The van der Waals surface area contributed by atoms with Crippen LogP contribution in [0.1, 0.15) is 16.7 Å². The third kappa shape index (κ3) is 4.29. The maximum atomic E-state index is 13.1. The summed E-state index contributed by atoms with van der Waals surface area (Å²) in [5, 5.41) is 0.780. The van der Waals surface area contributed by atoms with Crippen LogP contribution in [-0.2, 0) is 11.2 Å². The Morgan fingerprint density at radius 2 is 1.85 bits per heavy atom. The van der Waals surface area contributed by atoms with Gasteiger partial charge in [0.25, 0.3) is 0 Å². The van der Waals surface area contributed by atoms with Gasteiger partial charge >= 0.3 is 0 Å². The van der Waals surface area contributed by atoms with Crippen molar-refractivity contribution in [3.05, 3.63) is 59.2 Å². The number of anilines is 1. The number of aromatic nitrogens is 1. The molecule has 0 atom stereocenters. The molecule has 4 nitrogen and oxygen atoms in total. The van der Waals surface area contributed by atoms with Crippen LogP contribution in [0.5, 0.6) is 0 Å². The third-order valence-corrected chi connectivity index (χ3v) is 5.48. The number of fused-ring (bicyclic) bond motifs is 1. The Kier molecular flexibility index (Phi) is 5.69. The lowest BCUT2D eigenvalue weighted by molar-refractivity contribution is -0.118. The summed E-state index contributed by atoms with van der Waals surface area (Å²) in [5.41, 5.74) is 4.41. The van der Waals surface area contributed by atoms with Gasteiger partial charge in [-0.25, -0.2) is 4.98 Å². The summed E-state index contributed by atoms with van der Waals surface area (Å²) in [4.78, 5) is 21.7. The number of rotatable bonds is 6. The molecular weight excluding hydrogens is 342 g/mol. The Morgan fingerprint density at radius 3 is 2.54 bits per heavy atom. The average Bonchev–Trinajstić information content (AvgIpc) is 3.01. The highest BCUT2D eigenvalue weighted by Crippen LogP contribution is 2.29. The first-order valence-electron chi connectivity index (χ1n) is 8.81. The summed E-state index contributed by atoms with van der Waals surface area (Å²) in [6.45, 7) is 5.58. The zero-order valence-electron chi connectivity index (χ0n) is 15.8. The largest absolute Gasteiger partial charge is 0.308 e. The van der Waals surface area contributed by atoms with E-state index in [2.05, 4.69) is 43.0 Å². The van der Waals surface area contributed by atoms with Crippen LogP contribution in [-0.4, -0.2) is 43.0 Å². The monoisotopic (exact) mass is 367 g/mol. The zero-order valence-corrected chi connectivity index (χ0v) is 16.6. The summed E-state index contributed by atoms with van der Waals surface area (Å²) < 4.78 is 1.11. The highest BCUT2D eigenvalue weighted by atomic mass is 32.1. The molecule has 0 unspecified atom stereocenters. The lowest BCUT2D eigenvalue weighted by atomic mass is 10.0. The standard InChI is InChI=1S/C21H25N3OS/c1-15-9-10-17(16(2)13-15)14-20(25)24(12-11-23(3)4)21-22-18-7-5-6-8-19(18)26-21/h5-10,13H,11-12,14H2,1-4H3. The predicted molar refractivity (Wildman–Crippen MR) is 110 cm³/mol. The number of para-hydroxylation sites is 1. The summed E-state index contributed by atoms with van der Waals surface area (Å²) in [5.74, 6) is 0.0952. The second kappa shape index (κ2) is 7.98. The van der Waals surface area contributed by atoms with Crippen molar-refractivity contribution in [2.24, 2.45) is 0 Å². The van der Waals surface area contributed by atoms with Gasteiger partial charge in [-0.3, -0.25) is 9.69 Å². The molecule has 0 aliphatic rings. The van der Waals surface area contributed by atoms with E-state index in [0.717, 1.165) is 33.0 Å². The maximum Gasteiger partial charge on any atom is 0.233 e. The van der Waals surface area contributed by atoms with Gasteiger partial charge in [-0.1, -0.05) is 47.2 Å². The normalized spacial score (nSPS) is 11.3. The van der Waals surface area contributed by atoms with Crippen molar-refractivity contribution in [1.82, 2.24) is 9.88 Å². The van der Waals surface area contributed by atoms with Gasteiger partial charge in [-0.2, -0.15) is 0 Å². The molecule has 2 aromatic carbocycles. The predicted octanol–water partition coefficient (Wildman–Crippen LogP) is 4.05. The lowest BCUT2D eigenvalue weighted by Crippen LogP contribution is -2.37. The van der Waals surface area contributed by atoms with E-state index in [0.29, 0.717) is 13.0 Å². The van der Waals surface area contributed by atoms with Gasteiger partial charge in [0, 0.05) is 13.1 Å². The van der Waals surface area contributed by atoms with Gasteiger partial charge in [0.1, 0.15) is 0 Å². The SMILES string of the molecule is Cc1ccc(CC(=O)N(CCN(C)C)c2nc3ccccc3s2)c(C)c1. The Labute approximate surface area is 159 Å². The van der Waals surface area contributed by atoms with Crippen molar-refractivity contribution in [3.63, 3.8) is 0 Å². The van der Waals surface area contributed by atoms with Gasteiger partial charge in [-0.15, -0.1) is 0 Å². The van der Waals surface area contributed by atoms with Gasteiger partial charge < -0.3 is 4.90 Å². The maximum absolute atomic E-state index is 13.1. The van der Waals surface area contributed by atoms with Gasteiger partial charge in [0.2, 0.25) is 5.91 Å². The molecule has 5 heteroatoms. The van der Waals surface area contributed by atoms with E-state index in [1.165, 1.54) is 5.56 Å². The van der Waals surface area contributed by atoms with Gasteiger partial charge in [0.15, 0.2) is 5.13 Å². The number of carbonyl (C=O) groups is 1. The number of hydrogen-bond donors (Lipinski definition) is 0. The Balaban J connectivity index is 1.88. The minimum absolute atomic E-state index is 0.0952. The molecule has 1 heterocycles. The van der Waals surface area contributed by atoms with Crippen LogP contribution >= 0.6 is 11.3 Å². The number of thiazole rings is 1. The van der Waals surface area contributed by atoms with E-state index in [4.69, 9.17) is 4.98 Å². The number of benzene rings is 2. The Bertz CT molecular complexity index is 884. The molecule has 26 heavy (non-hydrogen) atoms. The number of hydrogen-bond acceptors (Lipinski definition) is 4. The smallest absolute Gasteiger partial charge is 0.233 e. The molecule has 3 rings (SSSR count). The second-order valence-electron chi connectivity index (χ2n) is 6.92. The molecule has 0 spiro atoms. The Morgan fingerprint density at radius 1 is 1.08 bits per heavy atom. The Hall–Kier alpha value is -2.24. The van der Waals surface area contributed by atoms with Crippen molar-refractivity contribution in [1.29, 1.82) is 0 Å². The number of nitrogens with zero attached hydrogens (tertiary/aromatic N) is 3. The van der Waals surface area contributed by atoms with E-state index in [1.54, 1.807) is 11.3 Å². The number of carbonyl (C=O) groups excluding carboxylic acids is 1. The molecule has 0 fully saturated rings. The molecule has 0 saturated heterocycles. The highest BCUT2D eigenvalue weighted by Gasteiger charge is 2.20. The van der Waals surface area contributed by atoms with Crippen molar-refractivity contribution >= 4 is 32.6 Å². The molecule has 0 aliphatic carbocycles. The zero-order chi connectivity index (χ0) is 18.7. The quantitative estimate of drug-likeness (QED) is 0.659. The number of likely N-dealkylation sites (N-methyl/N-ethyl adjacent to an activating group) is 1. The fourth-order valence-electron chi connectivity index (χ4n) is 2.91. The summed E-state index contributed by atoms with van der Waals surface area (Å²) in [6.07, 6.45) is 0.398. The van der Waals surface area contributed by atoms with Crippen LogP contribution < -0.4 is 4.90 Å². The van der Waals surface area contributed by atoms with E-state index in [1.807, 2.05) is 37.2 Å². The van der Waals surface area contributed by atoms with E-state index < -0.39 is 0 Å². The number of aryl methyl sites for hydroxylation is 2. The van der Waals surface area contributed by atoms with E-state index in [9.17, 15) is 4.79 Å². The molecule has 0 bridgehead atoms. The first-order chi connectivity index (χ1) is 12.4. The molecule has 1 amide bonds. The molecule has 0 saturated carbocycles. The van der Waals surface area contributed by atoms with Gasteiger partial charge in [-0.05, 0) is 51.2 Å². The molecule has 0 aliphatic heterocycles. The fraction of sp³-hybridized carbons (Fsp3) is 0.333. The highest BCUT2D eigenvalue weighted by molar-refractivity contribution is 7.22. The minimum Gasteiger partial charge on any atom is -0.308 e. The van der Waals surface area contributed by atoms with Crippen LogP contribution in [0.2, 0.25) is 0 Å². The van der Waals surface area contributed by atoms with Crippen LogP contribution in [0, 0.1) is 13.8 Å². The summed E-state index contributed by atoms with van der Waals surface area (Å²) in [7, 11) is 4.04. The van der Waals surface area contributed by atoms with Gasteiger partial charge in [0.05, 0.1) is 16.6 Å². The summed E-state index contributed by atoms with van der Waals surface area (Å²) >= 11 is 1.58. The number of amides is 1. The van der Waals surface area contributed by atoms with Crippen LogP contribution in [0.25, 0.3) is 10.2 Å². The van der Waals surface area contributed by atoms with E-state index in [-0.39, 0.29) is 5.91 Å². The van der Waals surface area contributed by atoms with Crippen molar-refractivity contribution in [2.45, 2.75) is 20.3 Å². The van der Waals surface area contributed by atoms with E-state index >= 15 is 0 Å². The van der Waals surface area contributed by atoms with Crippen molar-refractivity contribution in [3.8, 4) is 0 Å².